The fourth-order valence-electron chi connectivity index (χ4n) is 2.36. The molecule has 2 rings (SSSR count). The topological polar surface area (TPSA) is 93.5 Å². The summed E-state index contributed by atoms with van der Waals surface area (Å²) in [5.41, 5.74) is 1.14. The zero-order valence-corrected chi connectivity index (χ0v) is 17.3. The molecule has 0 aliphatic heterocycles. The first-order valence-electron chi connectivity index (χ1n) is 9.24. The molecule has 1 heterocycles. The maximum absolute atomic E-state index is 12.1. The molecular formula is C20H27N3O4S. The van der Waals surface area contributed by atoms with E-state index in [4.69, 9.17) is 9.26 Å². The molecule has 28 heavy (non-hydrogen) atoms. The lowest BCUT2D eigenvalue weighted by molar-refractivity contribution is -0.118. The molecule has 2 amide bonds. The van der Waals surface area contributed by atoms with Crippen LogP contribution in [-0.2, 0) is 14.3 Å². The SMILES string of the molecule is Cc1cc(NC(=O)C(C)SCC(=O)NCCCOC(C)c2ccccc2)no1. The number of aromatic nitrogens is 1. The average molecular weight is 406 g/mol. The molecule has 0 spiro atoms. The summed E-state index contributed by atoms with van der Waals surface area (Å²) in [6.07, 6.45) is 0.759. The lowest BCUT2D eigenvalue weighted by Gasteiger charge is -2.14. The monoisotopic (exact) mass is 405 g/mol. The van der Waals surface area contributed by atoms with E-state index in [1.807, 2.05) is 37.3 Å². The zero-order valence-electron chi connectivity index (χ0n) is 16.4. The van der Waals surface area contributed by atoms with E-state index in [0.717, 1.165) is 12.0 Å². The number of aryl methyl sites for hydroxylation is 1. The van der Waals surface area contributed by atoms with Crippen LogP contribution >= 0.6 is 11.8 Å². The number of amides is 2. The Morgan fingerprint density at radius 3 is 2.68 bits per heavy atom. The summed E-state index contributed by atoms with van der Waals surface area (Å²) in [5.74, 6) is 0.905. The quantitative estimate of drug-likeness (QED) is 0.557. The highest BCUT2D eigenvalue weighted by atomic mass is 32.2. The molecular weight excluding hydrogens is 378 g/mol. The van der Waals surface area contributed by atoms with Crippen LogP contribution in [0.15, 0.2) is 40.9 Å². The predicted octanol–water partition coefficient (Wildman–Crippen LogP) is 3.33. The van der Waals surface area contributed by atoms with E-state index in [1.165, 1.54) is 11.8 Å². The lowest BCUT2D eigenvalue weighted by Crippen LogP contribution is -2.29. The number of hydrogen-bond acceptors (Lipinski definition) is 6. The van der Waals surface area contributed by atoms with Crippen LogP contribution in [0.25, 0.3) is 0 Å². The van der Waals surface area contributed by atoms with Crippen LogP contribution in [0.5, 0.6) is 0 Å². The van der Waals surface area contributed by atoms with Crippen molar-refractivity contribution < 1.29 is 18.8 Å². The minimum absolute atomic E-state index is 0.0281. The van der Waals surface area contributed by atoms with Crippen molar-refractivity contribution in [1.82, 2.24) is 10.5 Å². The molecule has 2 atom stereocenters. The van der Waals surface area contributed by atoms with Gasteiger partial charge in [0, 0.05) is 19.2 Å². The Hall–Kier alpha value is -2.32. The van der Waals surface area contributed by atoms with E-state index in [1.54, 1.807) is 19.9 Å². The van der Waals surface area contributed by atoms with Gasteiger partial charge >= 0.3 is 0 Å². The number of ether oxygens (including phenoxy) is 1. The first-order valence-corrected chi connectivity index (χ1v) is 10.3. The first-order chi connectivity index (χ1) is 13.5. The molecule has 2 aromatic rings. The molecule has 0 radical (unpaired) electrons. The van der Waals surface area contributed by atoms with Crippen molar-refractivity contribution in [1.29, 1.82) is 0 Å². The van der Waals surface area contributed by atoms with Crippen molar-refractivity contribution in [2.24, 2.45) is 0 Å². The van der Waals surface area contributed by atoms with Crippen LogP contribution in [0.3, 0.4) is 0 Å². The summed E-state index contributed by atoms with van der Waals surface area (Å²) in [6, 6.07) is 11.7. The molecule has 1 aromatic carbocycles. The molecule has 152 valence electrons. The van der Waals surface area contributed by atoms with E-state index in [9.17, 15) is 9.59 Å². The van der Waals surface area contributed by atoms with Gasteiger partial charge in [-0.05, 0) is 32.8 Å². The van der Waals surface area contributed by atoms with E-state index < -0.39 is 0 Å². The highest BCUT2D eigenvalue weighted by Gasteiger charge is 2.16. The van der Waals surface area contributed by atoms with Crippen molar-refractivity contribution in [3.63, 3.8) is 0 Å². The van der Waals surface area contributed by atoms with Crippen LogP contribution in [0.4, 0.5) is 5.82 Å². The van der Waals surface area contributed by atoms with Gasteiger partial charge < -0.3 is 19.9 Å². The average Bonchev–Trinajstić information content (AvgIpc) is 3.10. The lowest BCUT2D eigenvalue weighted by atomic mass is 10.1. The minimum atomic E-state index is -0.377. The van der Waals surface area contributed by atoms with Gasteiger partial charge in [0.15, 0.2) is 5.82 Å². The largest absolute Gasteiger partial charge is 0.374 e. The summed E-state index contributed by atoms with van der Waals surface area (Å²) in [5, 5.41) is 8.84. The Labute approximate surface area is 169 Å². The predicted molar refractivity (Wildman–Crippen MR) is 110 cm³/mol. The molecule has 0 fully saturated rings. The Balaban J connectivity index is 1.55. The number of rotatable bonds is 11. The van der Waals surface area contributed by atoms with Crippen LogP contribution < -0.4 is 10.6 Å². The van der Waals surface area contributed by atoms with E-state index in [2.05, 4.69) is 15.8 Å². The van der Waals surface area contributed by atoms with Crippen molar-refractivity contribution in [2.75, 3.05) is 24.2 Å². The van der Waals surface area contributed by atoms with Crippen molar-refractivity contribution in [2.45, 2.75) is 38.5 Å². The fourth-order valence-corrected chi connectivity index (χ4v) is 3.07. The van der Waals surface area contributed by atoms with Crippen molar-refractivity contribution in [3.8, 4) is 0 Å². The highest BCUT2D eigenvalue weighted by Crippen LogP contribution is 2.16. The second kappa shape index (κ2) is 11.5. The summed E-state index contributed by atoms with van der Waals surface area (Å²) < 4.78 is 10.7. The minimum Gasteiger partial charge on any atom is -0.374 e. The molecule has 0 aliphatic rings. The summed E-state index contributed by atoms with van der Waals surface area (Å²) in [6.45, 7) is 6.62. The van der Waals surface area contributed by atoms with Gasteiger partial charge in [-0.25, -0.2) is 0 Å². The number of carbonyl (C=O) groups excluding carboxylic acids is 2. The number of hydrogen-bond donors (Lipinski definition) is 2. The third kappa shape index (κ3) is 7.74. The summed E-state index contributed by atoms with van der Waals surface area (Å²) in [4.78, 5) is 24.0. The molecule has 0 bridgehead atoms. The van der Waals surface area contributed by atoms with Gasteiger partial charge in [-0.15, -0.1) is 11.8 Å². The van der Waals surface area contributed by atoms with Gasteiger partial charge in [-0.2, -0.15) is 0 Å². The summed E-state index contributed by atoms with van der Waals surface area (Å²) in [7, 11) is 0. The zero-order chi connectivity index (χ0) is 20.4. The number of benzene rings is 1. The second-order valence-electron chi connectivity index (χ2n) is 6.39. The van der Waals surface area contributed by atoms with Gasteiger partial charge in [0.25, 0.3) is 0 Å². The fraction of sp³-hybridized carbons (Fsp3) is 0.450. The molecule has 7 nitrogen and oxygen atoms in total. The number of nitrogens with one attached hydrogen (secondary N) is 2. The molecule has 2 unspecified atom stereocenters. The van der Waals surface area contributed by atoms with Gasteiger partial charge in [0.2, 0.25) is 11.8 Å². The highest BCUT2D eigenvalue weighted by molar-refractivity contribution is 8.01. The van der Waals surface area contributed by atoms with E-state index in [0.29, 0.717) is 24.7 Å². The standard InChI is InChI=1S/C20H27N3O4S/c1-14-12-18(23-27-14)22-20(25)16(3)28-13-19(24)21-10-7-11-26-15(2)17-8-5-4-6-9-17/h4-6,8-9,12,15-16H,7,10-11,13H2,1-3H3,(H,21,24)(H,22,23,25). The molecule has 0 aliphatic carbocycles. The maximum atomic E-state index is 12.1. The normalized spacial score (nSPS) is 13.0. The Morgan fingerprint density at radius 2 is 2.00 bits per heavy atom. The van der Waals surface area contributed by atoms with Crippen molar-refractivity contribution >= 4 is 29.4 Å². The molecule has 2 N–H and O–H groups in total. The Morgan fingerprint density at radius 1 is 1.25 bits per heavy atom. The smallest absolute Gasteiger partial charge is 0.238 e. The third-order valence-corrected chi connectivity index (χ3v) is 5.14. The van der Waals surface area contributed by atoms with E-state index >= 15 is 0 Å². The molecule has 0 saturated carbocycles. The van der Waals surface area contributed by atoms with Gasteiger partial charge in [-0.3, -0.25) is 9.59 Å². The van der Waals surface area contributed by atoms with Crippen LogP contribution in [0.2, 0.25) is 0 Å². The molecule has 1 aromatic heterocycles. The van der Waals surface area contributed by atoms with Crippen molar-refractivity contribution in [3.05, 3.63) is 47.7 Å². The molecule has 8 heteroatoms. The number of carbonyl (C=O) groups is 2. The van der Waals surface area contributed by atoms with Crippen LogP contribution in [0.1, 0.15) is 37.7 Å². The number of anilines is 1. The van der Waals surface area contributed by atoms with Gasteiger partial charge in [0.05, 0.1) is 17.1 Å². The Bertz CT molecular complexity index is 751. The maximum Gasteiger partial charge on any atom is 0.238 e. The van der Waals surface area contributed by atoms with Crippen LogP contribution in [-0.4, -0.2) is 41.1 Å². The molecule has 0 saturated heterocycles. The third-order valence-electron chi connectivity index (χ3n) is 3.99. The first kappa shape index (κ1) is 22.0. The summed E-state index contributed by atoms with van der Waals surface area (Å²) >= 11 is 1.27. The Kier molecular flexibility index (Phi) is 9.03. The number of nitrogens with zero attached hydrogens (tertiary/aromatic N) is 1. The van der Waals surface area contributed by atoms with Crippen LogP contribution in [0, 0.1) is 6.92 Å². The second-order valence-corrected chi connectivity index (χ2v) is 7.72. The van der Waals surface area contributed by atoms with Gasteiger partial charge in [-0.1, -0.05) is 35.5 Å². The number of thioether (sulfide) groups is 1. The van der Waals surface area contributed by atoms with Gasteiger partial charge in [0.1, 0.15) is 5.76 Å². The van der Waals surface area contributed by atoms with E-state index in [-0.39, 0.29) is 28.9 Å².